The molecule has 33 heavy (non-hydrogen) atoms. The third kappa shape index (κ3) is 6.59. The minimum atomic E-state index is -3.94. The number of hydrogen-bond donors (Lipinski definition) is 2. The number of hydrogen-bond acceptors (Lipinski definition) is 5. The molecule has 2 aromatic carbocycles. The minimum absolute atomic E-state index is 0.0106. The monoisotopic (exact) mass is 477 g/mol. The van der Waals surface area contributed by atoms with Gasteiger partial charge in [0.2, 0.25) is 21.8 Å². The van der Waals surface area contributed by atoms with E-state index in [0.717, 1.165) is 23.8 Å². The molecule has 2 aromatic rings. The van der Waals surface area contributed by atoms with Gasteiger partial charge in [0.25, 0.3) is 0 Å². The summed E-state index contributed by atoms with van der Waals surface area (Å²) in [5.74, 6) is -1.68. The summed E-state index contributed by atoms with van der Waals surface area (Å²) in [6, 6.07) is 12.0. The Morgan fingerprint density at radius 3 is 2.58 bits per heavy atom. The van der Waals surface area contributed by atoms with Gasteiger partial charge < -0.3 is 10.1 Å². The SMILES string of the molecule is CCC(C(=O)NCC1CCCO1)N(C(=O)CNS(=O)(=O)c1ccccc1)c1cccc(F)c1. The van der Waals surface area contributed by atoms with Crippen molar-refractivity contribution in [2.45, 2.75) is 43.2 Å². The van der Waals surface area contributed by atoms with Gasteiger partial charge in [-0.25, -0.2) is 17.5 Å². The molecule has 0 spiro atoms. The van der Waals surface area contributed by atoms with Crippen LogP contribution in [0.1, 0.15) is 26.2 Å². The van der Waals surface area contributed by atoms with Crippen LogP contribution in [-0.2, 0) is 24.3 Å². The zero-order valence-corrected chi connectivity index (χ0v) is 19.2. The molecule has 8 nitrogen and oxygen atoms in total. The van der Waals surface area contributed by atoms with Crippen molar-refractivity contribution in [3.63, 3.8) is 0 Å². The van der Waals surface area contributed by atoms with E-state index in [1.54, 1.807) is 25.1 Å². The summed E-state index contributed by atoms with van der Waals surface area (Å²) < 4.78 is 46.8. The third-order valence-corrected chi connectivity index (χ3v) is 6.77. The highest BCUT2D eigenvalue weighted by Crippen LogP contribution is 2.21. The molecule has 2 amide bonds. The van der Waals surface area contributed by atoms with Gasteiger partial charge in [0.15, 0.2) is 0 Å². The van der Waals surface area contributed by atoms with Crippen LogP contribution < -0.4 is 14.9 Å². The molecule has 2 atom stereocenters. The Bertz CT molecular complexity index is 1060. The zero-order valence-electron chi connectivity index (χ0n) is 18.4. The van der Waals surface area contributed by atoms with Crippen LogP contribution in [0, 0.1) is 5.82 Å². The van der Waals surface area contributed by atoms with E-state index in [9.17, 15) is 22.4 Å². The highest BCUT2D eigenvalue weighted by molar-refractivity contribution is 7.89. The van der Waals surface area contributed by atoms with Gasteiger partial charge in [-0.1, -0.05) is 31.2 Å². The predicted molar refractivity (Wildman–Crippen MR) is 122 cm³/mol. The van der Waals surface area contributed by atoms with E-state index in [2.05, 4.69) is 10.0 Å². The first kappa shape index (κ1) is 24.8. The fraction of sp³-hybridized carbons (Fsp3) is 0.391. The van der Waals surface area contributed by atoms with E-state index in [1.165, 1.54) is 30.3 Å². The highest BCUT2D eigenvalue weighted by Gasteiger charge is 2.31. The number of halogens is 1. The van der Waals surface area contributed by atoms with Gasteiger partial charge in [-0.3, -0.25) is 14.5 Å². The largest absolute Gasteiger partial charge is 0.376 e. The predicted octanol–water partition coefficient (Wildman–Crippen LogP) is 2.21. The van der Waals surface area contributed by atoms with Gasteiger partial charge in [0.05, 0.1) is 17.5 Å². The maximum atomic E-state index is 13.9. The molecule has 1 saturated heterocycles. The second kappa shape index (κ2) is 11.4. The van der Waals surface area contributed by atoms with Crippen molar-refractivity contribution in [3.05, 3.63) is 60.4 Å². The van der Waals surface area contributed by atoms with Crippen molar-refractivity contribution in [2.24, 2.45) is 0 Å². The molecule has 0 aliphatic carbocycles. The Hall–Kier alpha value is -2.82. The van der Waals surface area contributed by atoms with Crippen molar-refractivity contribution < 1.29 is 27.1 Å². The maximum Gasteiger partial charge on any atom is 0.243 e. The zero-order chi connectivity index (χ0) is 23.8. The van der Waals surface area contributed by atoms with Crippen LogP contribution in [0.5, 0.6) is 0 Å². The lowest BCUT2D eigenvalue weighted by Gasteiger charge is -2.31. The molecule has 0 aromatic heterocycles. The van der Waals surface area contributed by atoms with E-state index in [1.807, 2.05) is 0 Å². The van der Waals surface area contributed by atoms with E-state index < -0.39 is 40.2 Å². The summed E-state index contributed by atoms with van der Waals surface area (Å²) in [6.45, 7) is 2.08. The number of anilines is 1. The summed E-state index contributed by atoms with van der Waals surface area (Å²) in [5.41, 5.74) is 0.165. The fourth-order valence-corrected chi connectivity index (χ4v) is 4.67. The maximum absolute atomic E-state index is 13.9. The average Bonchev–Trinajstić information content (AvgIpc) is 3.34. The molecule has 1 aliphatic heterocycles. The number of benzene rings is 2. The molecule has 0 bridgehead atoms. The summed E-state index contributed by atoms with van der Waals surface area (Å²) in [5, 5.41) is 2.80. The number of carbonyl (C=O) groups excluding carboxylic acids is 2. The van der Waals surface area contributed by atoms with E-state index >= 15 is 0 Å². The number of amides is 2. The fourth-order valence-electron chi connectivity index (χ4n) is 3.67. The molecule has 0 radical (unpaired) electrons. The van der Waals surface area contributed by atoms with Crippen LogP contribution in [0.4, 0.5) is 10.1 Å². The molecule has 2 N–H and O–H groups in total. The number of rotatable bonds is 10. The molecule has 10 heteroatoms. The average molecular weight is 478 g/mol. The van der Waals surface area contributed by atoms with E-state index in [-0.39, 0.29) is 23.1 Å². The van der Waals surface area contributed by atoms with Gasteiger partial charge in [0.1, 0.15) is 11.9 Å². The molecule has 1 heterocycles. The van der Waals surface area contributed by atoms with Gasteiger partial charge in [-0.05, 0) is 49.6 Å². The first-order chi connectivity index (χ1) is 15.8. The van der Waals surface area contributed by atoms with Crippen molar-refractivity contribution in [1.29, 1.82) is 0 Å². The van der Waals surface area contributed by atoms with Gasteiger partial charge in [-0.2, -0.15) is 0 Å². The topological polar surface area (TPSA) is 105 Å². The molecule has 178 valence electrons. The smallest absolute Gasteiger partial charge is 0.243 e. The quantitative estimate of drug-likeness (QED) is 0.546. The van der Waals surface area contributed by atoms with E-state index in [0.29, 0.717) is 13.2 Å². The second-order valence-corrected chi connectivity index (χ2v) is 9.45. The number of nitrogens with one attached hydrogen (secondary N) is 2. The Balaban J connectivity index is 1.79. The first-order valence-corrected chi connectivity index (χ1v) is 12.3. The van der Waals surface area contributed by atoms with Crippen molar-refractivity contribution in [3.8, 4) is 0 Å². The summed E-state index contributed by atoms with van der Waals surface area (Å²) in [4.78, 5) is 27.3. The van der Waals surface area contributed by atoms with Gasteiger partial charge in [-0.15, -0.1) is 0 Å². The summed E-state index contributed by atoms with van der Waals surface area (Å²) >= 11 is 0. The van der Waals surface area contributed by atoms with Crippen LogP contribution in [0.25, 0.3) is 0 Å². The number of carbonyl (C=O) groups is 2. The second-order valence-electron chi connectivity index (χ2n) is 7.69. The van der Waals surface area contributed by atoms with E-state index in [4.69, 9.17) is 4.74 Å². The molecular formula is C23H28FN3O5S. The van der Waals surface area contributed by atoms with Crippen LogP contribution in [-0.4, -0.2) is 52.1 Å². The molecule has 0 saturated carbocycles. The van der Waals surface area contributed by atoms with Crippen LogP contribution in [0.2, 0.25) is 0 Å². The Kier molecular flexibility index (Phi) is 8.54. The van der Waals surface area contributed by atoms with Crippen LogP contribution >= 0.6 is 0 Å². The number of sulfonamides is 1. The van der Waals surface area contributed by atoms with Gasteiger partial charge >= 0.3 is 0 Å². The molecule has 2 unspecified atom stereocenters. The molecule has 1 aliphatic rings. The Morgan fingerprint density at radius 2 is 1.94 bits per heavy atom. The lowest BCUT2D eigenvalue weighted by atomic mass is 10.1. The van der Waals surface area contributed by atoms with Crippen molar-refractivity contribution >= 4 is 27.5 Å². The summed E-state index contributed by atoms with van der Waals surface area (Å²) in [7, 11) is -3.94. The molecular weight excluding hydrogens is 449 g/mol. The Labute approximate surface area is 193 Å². The van der Waals surface area contributed by atoms with Crippen molar-refractivity contribution in [1.82, 2.24) is 10.0 Å². The number of nitrogens with zero attached hydrogens (tertiary/aromatic N) is 1. The third-order valence-electron chi connectivity index (χ3n) is 5.35. The normalized spacial score (nSPS) is 16.8. The lowest BCUT2D eigenvalue weighted by molar-refractivity contribution is -0.126. The standard InChI is InChI=1S/C23H28FN3O5S/c1-2-21(23(29)25-15-19-10-7-13-32-19)27(18-9-6-8-17(24)14-18)22(28)16-26-33(30,31)20-11-4-3-5-12-20/h3-6,8-9,11-12,14,19,21,26H,2,7,10,13,15-16H2,1H3,(H,25,29). The minimum Gasteiger partial charge on any atom is -0.376 e. The molecule has 3 rings (SSSR count). The van der Waals surface area contributed by atoms with Crippen molar-refractivity contribution in [2.75, 3.05) is 24.6 Å². The first-order valence-electron chi connectivity index (χ1n) is 10.8. The van der Waals surface area contributed by atoms with Crippen LogP contribution in [0.15, 0.2) is 59.5 Å². The van der Waals surface area contributed by atoms with Crippen LogP contribution in [0.3, 0.4) is 0 Å². The van der Waals surface area contributed by atoms with Gasteiger partial charge in [0, 0.05) is 18.8 Å². The molecule has 1 fully saturated rings. The highest BCUT2D eigenvalue weighted by atomic mass is 32.2. The Morgan fingerprint density at radius 1 is 1.18 bits per heavy atom. The summed E-state index contributed by atoms with van der Waals surface area (Å²) in [6.07, 6.45) is 1.92. The lowest BCUT2D eigenvalue weighted by Crippen LogP contribution is -2.53. The number of ether oxygens (including phenoxy) is 1.